The normalized spacial score (nSPS) is 10.1. The molecule has 0 atom stereocenters. The van der Waals surface area contributed by atoms with Crippen molar-refractivity contribution in [3.05, 3.63) is 95.6 Å². The van der Waals surface area contributed by atoms with Crippen molar-refractivity contribution in [2.24, 2.45) is 0 Å². The molecule has 0 unspecified atom stereocenters. The molecular formula is C23H19NO2. The van der Waals surface area contributed by atoms with E-state index >= 15 is 0 Å². The lowest BCUT2D eigenvalue weighted by atomic mass is 9.98. The fourth-order valence-corrected chi connectivity index (χ4v) is 2.77. The summed E-state index contributed by atoms with van der Waals surface area (Å²) < 4.78 is 5.35. The monoisotopic (exact) mass is 341 g/mol. The van der Waals surface area contributed by atoms with Crippen LogP contribution in [0.25, 0.3) is 11.1 Å². The van der Waals surface area contributed by atoms with E-state index in [0.29, 0.717) is 18.4 Å². The summed E-state index contributed by atoms with van der Waals surface area (Å²) in [5.74, 6) is -0.237. The minimum absolute atomic E-state index is 0.178. The van der Waals surface area contributed by atoms with E-state index in [0.717, 1.165) is 22.3 Å². The summed E-state index contributed by atoms with van der Waals surface area (Å²) in [6.07, 6.45) is 1.01. The number of aryl methyl sites for hydroxylation is 1. The molecule has 0 bridgehead atoms. The van der Waals surface area contributed by atoms with Crippen LogP contribution in [-0.2, 0) is 22.6 Å². The third-order valence-corrected chi connectivity index (χ3v) is 4.15. The first-order valence-electron chi connectivity index (χ1n) is 8.54. The molecule has 0 aliphatic carbocycles. The largest absolute Gasteiger partial charge is 0.461 e. The van der Waals surface area contributed by atoms with Crippen molar-refractivity contribution in [3.8, 4) is 17.2 Å². The van der Waals surface area contributed by atoms with Crippen molar-refractivity contribution >= 4 is 5.97 Å². The first-order chi connectivity index (χ1) is 12.8. The minimum atomic E-state index is -0.237. The van der Waals surface area contributed by atoms with Crippen molar-refractivity contribution in [2.75, 3.05) is 0 Å². The van der Waals surface area contributed by atoms with E-state index in [2.05, 4.69) is 6.07 Å². The maximum atomic E-state index is 11.9. The van der Waals surface area contributed by atoms with Gasteiger partial charge in [-0.2, -0.15) is 5.26 Å². The van der Waals surface area contributed by atoms with Crippen molar-refractivity contribution < 1.29 is 9.53 Å². The highest BCUT2D eigenvalue weighted by Gasteiger charge is 2.08. The van der Waals surface area contributed by atoms with Crippen LogP contribution in [0.4, 0.5) is 0 Å². The number of benzene rings is 3. The van der Waals surface area contributed by atoms with Gasteiger partial charge in [0.05, 0.1) is 11.6 Å². The molecule has 0 saturated heterocycles. The highest BCUT2D eigenvalue weighted by atomic mass is 16.5. The van der Waals surface area contributed by atoms with Crippen LogP contribution in [0.2, 0.25) is 0 Å². The third kappa shape index (κ3) is 4.58. The topological polar surface area (TPSA) is 50.1 Å². The summed E-state index contributed by atoms with van der Waals surface area (Å²) in [6.45, 7) is 0.178. The Balaban J connectivity index is 1.60. The van der Waals surface area contributed by atoms with Gasteiger partial charge in [0, 0.05) is 6.42 Å². The number of hydrogen-bond donors (Lipinski definition) is 0. The number of rotatable bonds is 6. The van der Waals surface area contributed by atoms with Gasteiger partial charge in [-0.25, -0.2) is 0 Å². The van der Waals surface area contributed by atoms with Gasteiger partial charge >= 0.3 is 5.97 Å². The second kappa shape index (κ2) is 8.64. The van der Waals surface area contributed by atoms with E-state index in [9.17, 15) is 10.1 Å². The summed E-state index contributed by atoms with van der Waals surface area (Å²) in [6, 6.07) is 27.4. The highest BCUT2D eigenvalue weighted by Crippen LogP contribution is 2.24. The second-order valence-electron chi connectivity index (χ2n) is 6.00. The molecule has 0 saturated carbocycles. The van der Waals surface area contributed by atoms with Gasteiger partial charge in [-0.3, -0.25) is 4.79 Å². The van der Waals surface area contributed by atoms with Crippen molar-refractivity contribution in [3.63, 3.8) is 0 Å². The Morgan fingerprint density at radius 2 is 1.58 bits per heavy atom. The molecule has 0 amide bonds. The van der Waals surface area contributed by atoms with Gasteiger partial charge in [0.25, 0.3) is 0 Å². The molecule has 0 aliphatic rings. The molecule has 128 valence electrons. The number of carbonyl (C=O) groups is 1. The first-order valence-corrected chi connectivity index (χ1v) is 8.54. The van der Waals surface area contributed by atoms with Gasteiger partial charge in [0.2, 0.25) is 0 Å². The Kier molecular flexibility index (Phi) is 5.80. The summed E-state index contributed by atoms with van der Waals surface area (Å²) in [4.78, 5) is 11.9. The van der Waals surface area contributed by atoms with E-state index in [1.54, 1.807) is 6.07 Å². The van der Waals surface area contributed by atoms with E-state index in [1.165, 1.54) is 0 Å². The number of hydrogen-bond acceptors (Lipinski definition) is 3. The highest BCUT2D eigenvalue weighted by molar-refractivity contribution is 5.71. The molecule has 0 spiro atoms. The van der Waals surface area contributed by atoms with E-state index in [-0.39, 0.29) is 12.6 Å². The van der Waals surface area contributed by atoms with Gasteiger partial charge < -0.3 is 4.74 Å². The summed E-state index contributed by atoms with van der Waals surface area (Å²) in [5.41, 5.74) is 4.38. The lowest BCUT2D eigenvalue weighted by Gasteiger charge is -2.09. The minimum Gasteiger partial charge on any atom is -0.461 e. The SMILES string of the molecule is N#Cc1cc(COC(=O)CCc2ccccc2)ccc1-c1ccccc1. The van der Waals surface area contributed by atoms with Gasteiger partial charge in [0.1, 0.15) is 6.61 Å². The maximum absolute atomic E-state index is 11.9. The Hall–Kier alpha value is -3.38. The molecule has 3 aromatic carbocycles. The maximum Gasteiger partial charge on any atom is 0.306 e. The van der Waals surface area contributed by atoms with Crippen LogP contribution in [0.1, 0.15) is 23.1 Å². The molecule has 0 radical (unpaired) electrons. The van der Waals surface area contributed by atoms with Crippen LogP contribution in [0.15, 0.2) is 78.9 Å². The zero-order valence-corrected chi connectivity index (χ0v) is 14.4. The summed E-state index contributed by atoms with van der Waals surface area (Å²) in [5, 5.41) is 9.43. The number of nitriles is 1. The zero-order chi connectivity index (χ0) is 18.2. The number of ether oxygens (including phenoxy) is 1. The fraction of sp³-hybridized carbons (Fsp3) is 0.130. The van der Waals surface area contributed by atoms with Crippen molar-refractivity contribution in [1.82, 2.24) is 0 Å². The molecule has 0 aromatic heterocycles. The lowest BCUT2D eigenvalue weighted by Crippen LogP contribution is -2.06. The molecule has 0 fully saturated rings. The van der Waals surface area contributed by atoms with E-state index in [4.69, 9.17) is 4.74 Å². The van der Waals surface area contributed by atoms with Crippen LogP contribution < -0.4 is 0 Å². The van der Waals surface area contributed by atoms with E-state index in [1.807, 2.05) is 72.8 Å². The molecule has 0 N–H and O–H groups in total. The molecular weight excluding hydrogens is 322 g/mol. The number of nitrogens with zero attached hydrogens (tertiary/aromatic N) is 1. The summed E-state index contributed by atoms with van der Waals surface area (Å²) in [7, 11) is 0. The van der Waals surface area contributed by atoms with Crippen molar-refractivity contribution in [1.29, 1.82) is 5.26 Å². The molecule has 3 aromatic rings. The molecule has 3 nitrogen and oxygen atoms in total. The van der Waals surface area contributed by atoms with Gasteiger partial charge in [-0.05, 0) is 34.7 Å². The molecule has 0 aliphatic heterocycles. The van der Waals surface area contributed by atoms with Crippen LogP contribution in [0.5, 0.6) is 0 Å². The van der Waals surface area contributed by atoms with Gasteiger partial charge in [-0.15, -0.1) is 0 Å². The lowest BCUT2D eigenvalue weighted by molar-refractivity contribution is -0.144. The average molecular weight is 341 g/mol. The first kappa shape index (κ1) is 17.4. The fourth-order valence-electron chi connectivity index (χ4n) is 2.77. The summed E-state index contributed by atoms with van der Waals surface area (Å²) >= 11 is 0. The smallest absolute Gasteiger partial charge is 0.306 e. The Bertz CT molecular complexity index is 912. The van der Waals surface area contributed by atoms with Crippen LogP contribution in [0, 0.1) is 11.3 Å². The van der Waals surface area contributed by atoms with Crippen molar-refractivity contribution in [2.45, 2.75) is 19.4 Å². The predicted octanol–water partition coefficient (Wildman–Crippen LogP) is 4.90. The van der Waals surface area contributed by atoms with Crippen LogP contribution in [-0.4, -0.2) is 5.97 Å². The Morgan fingerprint density at radius 1 is 0.885 bits per heavy atom. The quantitative estimate of drug-likeness (QED) is 0.599. The zero-order valence-electron chi connectivity index (χ0n) is 14.4. The Morgan fingerprint density at radius 3 is 2.27 bits per heavy atom. The molecule has 3 heteroatoms. The van der Waals surface area contributed by atoms with Crippen LogP contribution >= 0.6 is 0 Å². The molecule has 3 rings (SSSR count). The predicted molar refractivity (Wildman–Crippen MR) is 101 cm³/mol. The average Bonchev–Trinajstić information content (AvgIpc) is 2.72. The third-order valence-electron chi connectivity index (χ3n) is 4.15. The number of carbonyl (C=O) groups excluding carboxylic acids is 1. The molecule has 26 heavy (non-hydrogen) atoms. The van der Waals surface area contributed by atoms with Crippen LogP contribution in [0.3, 0.4) is 0 Å². The standard InChI is InChI=1S/C23H19NO2/c24-16-21-15-19(11-13-22(21)20-9-5-2-6-10-20)17-26-23(25)14-12-18-7-3-1-4-8-18/h1-11,13,15H,12,14,17H2. The second-order valence-corrected chi connectivity index (χ2v) is 6.00. The Labute approximate surface area is 153 Å². The van der Waals surface area contributed by atoms with Gasteiger partial charge in [0.15, 0.2) is 0 Å². The number of esters is 1. The van der Waals surface area contributed by atoms with E-state index < -0.39 is 0 Å². The molecule has 0 heterocycles. The van der Waals surface area contributed by atoms with Gasteiger partial charge in [-0.1, -0.05) is 72.8 Å².